The van der Waals surface area contributed by atoms with Crippen molar-refractivity contribution in [1.29, 1.82) is 0 Å². The minimum absolute atomic E-state index is 0.247. The second-order valence-corrected chi connectivity index (χ2v) is 6.15. The van der Waals surface area contributed by atoms with Crippen molar-refractivity contribution in [2.45, 2.75) is 13.8 Å². The van der Waals surface area contributed by atoms with E-state index < -0.39 is 0 Å². The summed E-state index contributed by atoms with van der Waals surface area (Å²) in [6.07, 6.45) is 0. The van der Waals surface area contributed by atoms with Crippen LogP contribution >= 0.6 is 22.9 Å². The number of thiazole rings is 1. The second-order valence-electron chi connectivity index (χ2n) is 4.72. The molecule has 1 amide bonds. The number of hydrogen-bond acceptors (Lipinski definition) is 5. The van der Waals surface area contributed by atoms with Crippen LogP contribution in [0.4, 0.5) is 5.82 Å². The van der Waals surface area contributed by atoms with Crippen molar-refractivity contribution in [1.82, 2.24) is 10.1 Å². The second kappa shape index (κ2) is 5.90. The fourth-order valence-corrected chi connectivity index (χ4v) is 3.01. The van der Waals surface area contributed by atoms with Crippen molar-refractivity contribution in [3.8, 4) is 10.6 Å². The maximum absolute atomic E-state index is 12.3. The first-order valence-electron chi connectivity index (χ1n) is 6.51. The van der Waals surface area contributed by atoms with Gasteiger partial charge in [-0.15, -0.1) is 11.3 Å². The van der Waals surface area contributed by atoms with Gasteiger partial charge in [0, 0.05) is 16.7 Å². The van der Waals surface area contributed by atoms with Crippen LogP contribution in [0, 0.1) is 13.8 Å². The fourth-order valence-electron chi connectivity index (χ4n) is 1.92. The number of carbonyl (C=O) groups excluding carboxylic acids is 1. The maximum Gasteiger partial charge on any atom is 0.268 e. The largest absolute Gasteiger partial charge is 0.360 e. The molecule has 3 rings (SSSR count). The van der Waals surface area contributed by atoms with E-state index in [0.717, 1.165) is 10.6 Å². The number of nitrogens with one attached hydrogen (secondary N) is 1. The summed E-state index contributed by atoms with van der Waals surface area (Å²) >= 11 is 7.21. The first kappa shape index (κ1) is 14.7. The molecule has 3 aromatic rings. The Morgan fingerprint density at radius 2 is 2.00 bits per heavy atom. The van der Waals surface area contributed by atoms with Gasteiger partial charge in [0.2, 0.25) is 0 Å². The van der Waals surface area contributed by atoms with Crippen LogP contribution in [0.5, 0.6) is 0 Å². The number of anilines is 1. The number of carbonyl (C=O) groups is 1. The standard InChI is InChI=1S/C15H12ClN3O2S/c1-8-7-12(19-21-8)18-14(20)13-9(2)17-15(22-13)10-3-5-11(16)6-4-10/h3-7H,1-2H3,(H,18,19,20). The van der Waals surface area contributed by atoms with Crippen LogP contribution in [-0.4, -0.2) is 16.0 Å². The molecule has 1 N–H and O–H groups in total. The van der Waals surface area contributed by atoms with E-state index in [9.17, 15) is 4.79 Å². The lowest BCUT2D eigenvalue weighted by Gasteiger charge is -1.98. The van der Waals surface area contributed by atoms with Gasteiger partial charge in [-0.3, -0.25) is 4.79 Å². The molecule has 0 atom stereocenters. The third kappa shape index (κ3) is 3.03. The van der Waals surface area contributed by atoms with Gasteiger partial charge >= 0.3 is 0 Å². The van der Waals surface area contributed by atoms with E-state index in [4.69, 9.17) is 16.1 Å². The summed E-state index contributed by atoms with van der Waals surface area (Å²) < 4.78 is 4.93. The molecule has 7 heteroatoms. The molecule has 0 saturated heterocycles. The van der Waals surface area contributed by atoms with E-state index in [2.05, 4.69) is 15.5 Å². The van der Waals surface area contributed by atoms with Crippen molar-refractivity contribution >= 4 is 34.7 Å². The molecule has 112 valence electrons. The van der Waals surface area contributed by atoms with E-state index >= 15 is 0 Å². The van der Waals surface area contributed by atoms with Gasteiger partial charge in [0.05, 0.1) is 5.69 Å². The highest BCUT2D eigenvalue weighted by Gasteiger charge is 2.17. The lowest BCUT2D eigenvalue weighted by molar-refractivity contribution is 0.102. The molecule has 1 aromatic carbocycles. The Hall–Kier alpha value is -2.18. The highest BCUT2D eigenvalue weighted by molar-refractivity contribution is 7.17. The van der Waals surface area contributed by atoms with E-state index in [-0.39, 0.29) is 5.91 Å². The Balaban J connectivity index is 1.85. The van der Waals surface area contributed by atoms with E-state index in [0.29, 0.717) is 27.2 Å². The molecule has 0 spiro atoms. The molecule has 0 saturated carbocycles. The molecule has 0 unspecified atom stereocenters. The number of aryl methyl sites for hydroxylation is 2. The summed E-state index contributed by atoms with van der Waals surface area (Å²) in [4.78, 5) is 17.3. The zero-order valence-corrected chi connectivity index (χ0v) is 13.5. The lowest BCUT2D eigenvalue weighted by atomic mass is 10.2. The SMILES string of the molecule is Cc1cc(NC(=O)c2sc(-c3ccc(Cl)cc3)nc2C)no1. The van der Waals surface area contributed by atoms with E-state index in [1.807, 2.05) is 12.1 Å². The minimum atomic E-state index is -0.247. The van der Waals surface area contributed by atoms with Gasteiger partial charge in [-0.25, -0.2) is 4.98 Å². The molecule has 2 heterocycles. The van der Waals surface area contributed by atoms with E-state index in [1.54, 1.807) is 32.0 Å². The van der Waals surface area contributed by atoms with Gasteiger partial charge in [0.1, 0.15) is 15.6 Å². The Kier molecular flexibility index (Phi) is 3.96. The van der Waals surface area contributed by atoms with Gasteiger partial charge in [-0.05, 0) is 26.0 Å². The topological polar surface area (TPSA) is 68.0 Å². The Labute approximate surface area is 135 Å². The normalized spacial score (nSPS) is 10.7. The predicted octanol–water partition coefficient (Wildman–Crippen LogP) is 4.32. The van der Waals surface area contributed by atoms with Crippen molar-refractivity contribution in [3.05, 3.63) is 51.7 Å². The Morgan fingerprint density at radius 1 is 1.27 bits per heavy atom. The Morgan fingerprint density at radius 3 is 2.64 bits per heavy atom. The Bertz CT molecular complexity index is 824. The zero-order chi connectivity index (χ0) is 15.7. The molecule has 0 aliphatic rings. The number of benzene rings is 1. The van der Waals surface area contributed by atoms with Gasteiger partial charge in [0.25, 0.3) is 5.91 Å². The maximum atomic E-state index is 12.3. The summed E-state index contributed by atoms with van der Waals surface area (Å²) in [6.45, 7) is 3.57. The number of rotatable bonds is 3. The predicted molar refractivity (Wildman–Crippen MR) is 86.5 cm³/mol. The number of hydrogen-bond donors (Lipinski definition) is 1. The third-order valence-corrected chi connectivity index (χ3v) is 4.42. The monoisotopic (exact) mass is 333 g/mol. The molecule has 22 heavy (non-hydrogen) atoms. The van der Waals surface area contributed by atoms with Crippen molar-refractivity contribution in [2.75, 3.05) is 5.32 Å². The summed E-state index contributed by atoms with van der Waals surface area (Å²) in [5.74, 6) is 0.782. The molecule has 2 aromatic heterocycles. The van der Waals surface area contributed by atoms with Gasteiger partial charge in [-0.2, -0.15) is 0 Å². The number of halogens is 1. The first-order chi connectivity index (χ1) is 10.5. The number of aromatic nitrogens is 2. The van der Waals surface area contributed by atoms with Crippen LogP contribution in [-0.2, 0) is 0 Å². The molecule has 0 aliphatic heterocycles. The number of nitrogens with zero attached hydrogens (tertiary/aromatic N) is 2. The van der Waals surface area contributed by atoms with Crippen LogP contribution in [0.3, 0.4) is 0 Å². The summed E-state index contributed by atoms with van der Waals surface area (Å²) in [5, 5.41) is 7.88. The van der Waals surface area contributed by atoms with Crippen LogP contribution in [0.2, 0.25) is 5.02 Å². The van der Waals surface area contributed by atoms with Crippen LogP contribution < -0.4 is 5.32 Å². The lowest BCUT2D eigenvalue weighted by Crippen LogP contribution is -2.11. The van der Waals surface area contributed by atoms with Crippen molar-refractivity contribution in [2.24, 2.45) is 0 Å². The molecular weight excluding hydrogens is 322 g/mol. The van der Waals surface area contributed by atoms with Gasteiger partial charge in [-0.1, -0.05) is 28.9 Å². The summed E-state index contributed by atoms with van der Waals surface area (Å²) in [6, 6.07) is 9.01. The summed E-state index contributed by atoms with van der Waals surface area (Å²) in [5.41, 5.74) is 1.60. The van der Waals surface area contributed by atoms with Crippen molar-refractivity contribution in [3.63, 3.8) is 0 Å². The summed E-state index contributed by atoms with van der Waals surface area (Å²) in [7, 11) is 0. The molecule has 0 bridgehead atoms. The molecule has 5 nitrogen and oxygen atoms in total. The highest BCUT2D eigenvalue weighted by Crippen LogP contribution is 2.29. The van der Waals surface area contributed by atoms with Crippen LogP contribution in [0.25, 0.3) is 10.6 Å². The molecule has 0 radical (unpaired) electrons. The number of amides is 1. The van der Waals surface area contributed by atoms with Crippen LogP contribution in [0.1, 0.15) is 21.1 Å². The molecule has 0 aliphatic carbocycles. The van der Waals surface area contributed by atoms with Crippen molar-refractivity contribution < 1.29 is 9.32 Å². The van der Waals surface area contributed by atoms with Gasteiger partial charge in [0.15, 0.2) is 5.82 Å². The zero-order valence-electron chi connectivity index (χ0n) is 11.9. The molecular formula is C15H12ClN3O2S. The van der Waals surface area contributed by atoms with Gasteiger partial charge < -0.3 is 9.84 Å². The molecule has 0 fully saturated rings. The highest BCUT2D eigenvalue weighted by atomic mass is 35.5. The third-order valence-electron chi connectivity index (χ3n) is 2.96. The average molecular weight is 334 g/mol. The first-order valence-corrected chi connectivity index (χ1v) is 7.70. The fraction of sp³-hybridized carbons (Fsp3) is 0.133. The average Bonchev–Trinajstić information content (AvgIpc) is 3.06. The van der Waals surface area contributed by atoms with E-state index in [1.165, 1.54) is 11.3 Å². The smallest absolute Gasteiger partial charge is 0.268 e. The quantitative estimate of drug-likeness (QED) is 0.775. The van der Waals surface area contributed by atoms with Crippen LogP contribution in [0.15, 0.2) is 34.9 Å². The minimum Gasteiger partial charge on any atom is -0.360 e.